The summed E-state index contributed by atoms with van der Waals surface area (Å²) in [6, 6.07) is 7.19. The normalized spacial score (nSPS) is 11.1. The van der Waals surface area contributed by atoms with Crippen molar-refractivity contribution in [1.29, 1.82) is 0 Å². The number of pyridine rings is 1. The van der Waals surface area contributed by atoms with Crippen LogP contribution in [0.5, 0.6) is 5.88 Å². The molecule has 4 rings (SSSR count). The Morgan fingerprint density at radius 1 is 1.16 bits per heavy atom. The lowest BCUT2D eigenvalue weighted by atomic mass is 10.1. The van der Waals surface area contributed by atoms with E-state index >= 15 is 0 Å². The van der Waals surface area contributed by atoms with Crippen molar-refractivity contribution in [3.05, 3.63) is 41.4 Å². The standard InChI is InChI=1S/C16H11ClN6O2/c1-7-22-23-16(25-7)13-12(21-15(24)14(18)20-13)9-5-8-3-2-4-19-11(8)10(17)6-9/h2-6H,1H3,(H2,18,20)(H,21,24). The molecule has 0 saturated carbocycles. The van der Waals surface area contributed by atoms with E-state index in [1.807, 2.05) is 12.1 Å². The van der Waals surface area contributed by atoms with E-state index in [0.717, 1.165) is 5.39 Å². The van der Waals surface area contributed by atoms with E-state index < -0.39 is 5.88 Å². The molecule has 0 radical (unpaired) electrons. The first-order chi connectivity index (χ1) is 12.0. The molecule has 0 amide bonds. The molecule has 0 saturated heterocycles. The molecule has 4 aromatic rings. The van der Waals surface area contributed by atoms with Crippen molar-refractivity contribution in [1.82, 2.24) is 25.1 Å². The number of rotatable bonds is 2. The Labute approximate surface area is 146 Å². The molecule has 8 nitrogen and oxygen atoms in total. The highest BCUT2D eigenvalue weighted by Gasteiger charge is 2.20. The maximum Gasteiger partial charge on any atom is 0.268 e. The van der Waals surface area contributed by atoms with Crippen molar-refractivity contribution >= 4 is 28.3 Å². The molecule has 0 aliphatic heterocycles. The summed E-state index contributed by atoms with van der Waals surface area (Å²) >= 11 is 6.34. The van der Waals surface area contributed by atoms with E-state index in [4.69, 9.17) is 21.8 Å². The van der Waals surface area contributed by atoms with E-state index in [2.05, 4.69) is 25.1 Å². The Balaban J connectivity index is 2.00. The Kier molecular flexibility index (Phi) is 3.47. The van der Waals surface area contributed by atoms with Gasteiger partial charge in [-0.25, -0.2) is 9.97 Å². The third kappa shape index (κ3) is 2.62. The first-order valence-electron chi connectivity index (χ1n) is 7.24. The maximum absolute atomic E-state index is 9.91. The van der Waals surface area contributed by atoms with Gasteiger partial charge in [0.25, 0.3) is 11.8 Å². The van der Waals surface area contributed by atoms with Gasteiger partial charge in [0.1, 0.15) is 5.69 Å². The minimum atomic E-state index is -0.391. The lowest BCUT2D eigenvalue weighted by Gasteiger charge is -2.09. The van der Waals surface area contributed by atoms with E-state index in [9.17, 15) is 5.11 Å². The highest BCUT2D eigenvalue weighted by molar-refractivity contribution is 6.35. The number of aryl methyl sites for hydroxylation is 1. The molecule has 1 aromatic carbocycles. The van der Waals surface area contributed by atoms with Crippen LogP contribution < -0.4 is 5.73 Å². The lowest BCUT2D eigenvalue weighted by Crippen LogP contribution is -2.00. The van der Waals surface area contributed by atoms with Crippen molar-refractivity contribution < 1.29 is 9.52 Å². The molecular weight excluding hydrogens is 344 g/mol. The van der Waals surface area contributed by atoms with Crippen LogP contribution >= 0.6 is 11.6 Å². The second kappa shape index (κ2) is 5.67. The fourth-order valence-corrected chi connectivity index (χ4v) is 2.74. The third-order valence-corrected chi connectivity index (χ3v) is 3.85. The van der Waals surface area contributed by atoms with E-state index in [1.165, 1.54) is 0 Å². The SMILES string of the molecule is Cc1nnc(-c2nc(N)c(O)nc2-c2cc(Cl)c3ncccc3c2)o1. The minimum Gasteiger partial charge on any atom is -0.491 e. The number of anilines is 1. The summed E-state index contributed by atoms with van der Waals surface area (Å²) < 4.78 is 5.44. The summed E-state index contributed by atoms with van der Waals surface area (Å²) in [7, 11) is 0. The third-order valence-electron chi connectivity index (χ3n) is 3.56. The predicted molar refractivity (Wildman–Crippen MR) is 91.9 cm³/mol. The number of hydrogen-bond acceptors (Lipinski definition) is 8. The zero-order valence-electron chi connectivity index (χ0n) is 12.9. The number of aromatic nitrogens is 5. The summed E-state index contributed by atoms with van der Waals surface area (Å²) in [5.74, 6) is -0.00945. The van der Waals surface area contributed by atoms with Gasteiger partial charge in [0.05, 0.1) is 10.5 Å². The highest BCUT2D eigenvalue weighted by atomic mass is 35.5. The Hall–Kier alpha value is -3.26. The van der Waals surface area contributed by atoms with Gasteiger partial charge >= 0.3 is 0 Å². The number of hydrogen-bond donors (Lipinski definition) is 2. The molecule has 0 unspecified atom stereocenters. The van der Waals surface area contributed by atoms with Crippen LogP contribution in [0.15, 0.2) is 34.9 Å². The largest absolute Gasteiger partial charge is 0.491 e. The van der Waals surface area contributed by atoms with Crippen molar-refractivity contribution in [2.45, 2.75) is 6.92 Å². The van der Waals surface area contributed by atoms with Crippen molar-refractivity contribution in [3.63, 3.8) is 0 Å². The quantitative estimate of drug-likeness (QED) is 0.563. The number of nitrogens with zero attached hydrogens (tertiary/aromatic N) is 5. The molecule has 9 heteroatoms. The Bertz CT molecular complexity index is 1110. The molecule has 0 aliphatic rings. The van der Waals surface area contributed by atoms with E-state index in [0.29, 0.717) is 27.7 Å². The van der Waals surface area contributed by atoms with Gasteiger partial charge in [-0.1, -0.05) is 17.7 Å². The van der Waals surface area contributed by atoms with Crippen LogP contribution in [0.3, 0.4) is 0 Å². The fraction of sp³-hybridized carbons (Fsp3) is 0.0625. The molecular formula is C16H11ClN6O2. The molecule has 0 aliphatic carbocycles. The molecule has 3 aromatic heterocycles. The molecule has 0 bridgehead atoms. The van der Waals surface area contributed by atoms with Gasteiger partial charge in [-0.2, -0.15) is 0 Å². The summed E-state index contributed by atoms with van der Waals surface area (Å²) in [6.45, 7) is 1.66. The summed E-state index contributed by atoms with van der Waals surface area (Å²) in [6.07, 6.45) is 1.66. The summed E-state index contributed by atoms with van der Waals surface area (Å²) in [5.41, 5.74) is 7.54. The number of nitrogens with two attached hydrogens (primary N) is 1. The van der Waals surface area contributed by atoms with Crippen molar-refractivity contribution in [3.8, 4) is 28.7 Å². The Morgan fingerprint density at radius 2 is 2.00 bits per heavy atom. The Morgan fingerprint density at radius 3 is 2.76 bits per heavy atom. The summed E-state index contributed by atoms with van der Waals surface area (Å²) in [4.78, 5) is 12.5. The van der Waals surface area contributed by atoms with Crippen LogP contribution in [0, 0.1) is 6.92 Å². The van der Waals surface area contributed by atoms with Gasteiger partial charge in [-0.15, -0.1) is 10.2 Å². The molecule has 25 heavy (non-hydrogen) atoms. The van der Waals surface area contributed by atoms with Gasteiger partial charge in [0.2, 0.25) is 5.89 Å². The van der Waals surface area contributed by atoms with Crippen LogP contribution in [-0.2, 0) is 0 Å². The number of halogens is 1. The molecule has 3 N–H and O–H groups in total. The molecule has 0 fully saturated rings. The monoisotopic (exact) mass is 354 g/mol. The molecule has 0 atom stereocenters. The van der Waals surface area contributed by atoms with Crippen LogP contribution in [0.25, 0.3) is 33.7 Å². The molecule has 0 spiro atoms. The number of nitrogen functional groups attached to an aromatic ring is 1. The topological polar surface area (TPSA) is 124 Å². The second-order valence-corrected chi connectivity index (χ2v) is 5.70. The second-order valence-electron chi connectivity index (χ2n) is 5.29. The van der Waals surface area contributed by atoms with Crippen molar-refractivity contribution in [2.75, 3.05) is 5.73 Å². The van der Waals surface area contributed by atoms with Crippen LogP contribution in [0.2, 0.25) is 5.02 Å². The van der Waals surface area contributed by atoms with Crippen molar-refractivity contribution in [2.24, 2.45) is 0 Å². The van der Waals surface area contributed by atoms with Crippen LogP contribution in [0.4, 0.5) is 5.82 Å². The van der Waals surface area contributed by atoms with Crippen LogP contribution in [-0.4, -0.2) is 30.3 Å². The van der Waals surface area contributed by atoms with E-state index in [-0.39, 0.29) is 17.4 Å². The van der Waals surface area contributed by atoms with Gasteiger partial charge in [-0.05, 0) is 18.2 Å². The highest BCUT2D eigenvalue weighted by Crippen LogP contribution is 2.35. The molecule has 3 heterocycles. The van der Waals surface area contributed by atoms with Gasteiger partial charge in [0.15, 0.2) is 11.5 Å². The average Bonchev–Trinajstić information content (AvgIpc) is 3.03. The predicted octanol–water partition coefficient (Wildman–Crippen LogP) is 2.99. The van der Waals surface area contributed by atoms with Gasteiger partial charge in [-0.3, -0.25) is 4.98 Å². The fourth-order valence-electron chi connectivity index (χ4n) is 2.47. The number of aromatic hydroxyl groups is 1. The maximum atomic E-state index is 9.91. The van der Waals surface area contributed by atoms with E-state index in [1.54, 1.807) is 25.3 Å². The van der Waals surface area contributed by atoms with Gasteiger partial charge < -0.3 is 15.3 Å². The number of fused-ring (bicyclic) bond motifs is 1. The minimum absolute atomic E-state index is 0.136. The zero-order chi connectivity index (χ0) is 17.6. The lowest BCUT2D eigenvalue weighted by molar-refractivity contribution is 0.454. The molecule has 124 valence electrons. The average molecular weight is 355 g/mol. The zero-order valence-corrected chi connectivity index (χ0v) is 13.7. The summed E-state index contributed by atoms with van der Waals surface area (Å²) in [5, 5.41) is 18.9. The smallest absolute Gasteiger partial charge is 0.268 e. The number of benzene rings is 1. The first kappa shape index (κ1) is 15.3. The van der Waals surface area contributed by atoms with Gasteiger partial charge in [0, 0.05) is 24.1 Å². The van der Waals surface area contributed by atoms with Crippen LogP contribution in [0.1, 0.15) is 5.89 Å². The first-order valence-corrected chi connectivity index (χ1v) is 7.62.